The molecule has 0 spiro atoms. The summed E-state index contributed by atoms with van der Waals surface area (Å²) >= 11 is 12.1. The molecule has 17 heavy (non-hydrogen) atoms. The van der Waals surface area contributed by atoms with E-state index in [9.17, 15) is 0 Å². The van der Waals surface area contributed by atoms with Crippen LogP contribution in [0.4, 0.5) is 0 Å². The lowest BCUT2D eigenvalue weighted by atomic mass is 10.2. The summed E-state index contributed by atoms with van der Waals surface area (Å²) in [6.45, 7) is 3.93. The molecule has 0 saturated heterocycles. The second-order valence-electron chi connectivity index (χ2n) is 3.68. The van der Waals surface area contributed by atoms with Crippen LogP contribution in [0.25, 0.3) is 11.5 Å². The Hall–Kier alpha value is -1.19. The maximum absolute atomic E-state index is 6.05. The molecule has 2 aromatic heterocycles. The molecule has 3 nitrogen and oxygen atoms in total. The minimum absolute atomic E-state index is 0.393. The first kappa shape index (κ1) is 12.3. The Morgan fingerprint density at radius 1 is 1.12 bits per heavy atom. The molecule has 0 fully saturated rings. The number of nitrogens with zero attached hydrogens (tertiary/aromatic N) is 3. The molecule has 0 bridgehead atoms. The van der Waals surface area contributed by atoms with Gasteiger partial charge < -0.3 is 0 Å². The van der Waals surface area contributed by atoms with E-state index in [1.165, 1.54) is 0 Å². The Labute approximate surface area is 110 Å². The van der Waals surface area contributed by atoms with E-state index in [2.05, 4.69) is 15.0 Å². The van der Waals surface area contributed by atoms with Gasteiger partial charge in [0.15, 0.2) is 5.82 Å². The highest BCUT2D eigenvalue weighted by molar-refractivity contribution is 6.34. The van der Waals surface area contributed by atoms with Gasteiger partial charge in [-0.3, -0.25) is 4.98 Å². The zero-order valence-corrected chi connectivity index (χ0v) is 11.0. The maximum Gasteiger partial charge on any atom is 0.181 e. The number of aryl methyl sites for hydroxylation is 1. The fourth-order valence-corrected chi connectivity index (χ4v) is 2.09. The van der Waals surface area contributed by atoms with E-state index in [0.717, 1.165) is 11.1 Å². The lowest BCUT2D eigenvalue weighted by Crippen LogP contribution is -1.97. The molecule has 0 radical (unpaired) electrons. The Balaban J connectivity index is 2.50. The van der Waals surface area contributed by atoms with E-state index in [-0.39, 0.29) is 0 Å². The lowest BCUT2D eigenvalue weighted by Gasteiger charge is -2.06. The molecule has 0 amide bonds. The minimum atomic E-state index is 0.393. The molecule has 0 aliphatic heterocycles. The second-order valence-corrected chi connectivity index (χ2v) is 4.40. The first-order valence-corrected chi connectivity index (χ1v) is 6.02. The van der Waals surface area contributed by atoms with Crippen molar-refractivity contribution in [1.82, 2.24) is 15.0 Å². The standard InChI is InChI=1S/C12H11Cl2N3/c1-3-8-10(13)16-12(17-11(8)14)9-5-4-7(2)6-15-9/h4-6H,3H2,1-2H3. The van der Waals surface area contributed by atoms with Crippen molar-refractivity contribution in [2.45, 2.75) is 20.3 Å². The van der Waals surface area contributed by atoms with Crippen LogP contribution in [0.3, 0.4) is 0 Å². The molecular weight excluding hydrogens is 257 g/mol. The molecule has 0 unspecified atom stereocenters. The van der Waals surface area contributed by atoms with Gasteiger partial charge in [-0.1, -0.05) is 36.2 Å². The third-order valence-corrected chi connectivity index (χ3v) is 3.03. The number of aromatic nitrogens is 3. The summed E-state index contributed by atoms with van der Waals surface area (Å²) in [5.41, 5.74) is 2.52. The Morgan fingerprint density at radius 2 is 1.76 bits per heavy atom. The minimum Gasteiger partial charge on any atom is -0.253 e. The number of pyridine rings is 1. The van der Waals surface area contributed by atoms with Crippen LogP contribution in [0.1, 0.15) is 18.1 Å². The smallest absolute Gasteiger partial charge is 0.181 e. The zero-order valence-electron chi connectivity index (χ0n) is 9.54. The predicted molar refractivity (Wildman–Crippen MR) is 69.4 cm³/mol. The highest BCUT2D eigenvalue weighted by atomic mass is 35.5. The van der Waals surface area contributed by atoms with Gasteiger partial charge in [0.2, 0.25) is 0 Å². The quantitative estimate of drug-likeness (QED) is 0.779. The van der Waals surface area contributed by atoms with Crippen LogP contribution in [0.15, 0.2) is 18.3 Å². The fraction of sp³-hybridized carbons (Fsp3) is 0.250. The van der Waals surface area contributed by atoms with E-state index in [4.69, 9.17) is 23.2 Å². The number of rotatable bonds is 2. The van der Waals surface area contributed by atoms with Crippen molar-refractivity contribution in [3.63, 3.8) is 0 Å². The molecule has 2 heterocycles. The van der Waals surface area contributed by atoms with Gasteiger partial charge in [-0.15, -0.1) is 0 Å². The number of halogens is 2. The van der Waals surface area contributed by atoms with Crippen LogP contribution in [0.2, 0.25) is 10.3 Å². The Kier molecular flexibility index (Phi) is 3.60. The van der Waals surface area contributed by atoms with Crippen LogP contribution in [0.5, 0.6) is 0 Å². The summed E-state index contributed by atoms with van der Waals surface area (Å²) in [6, 6.07) is 3.80. The highest BCUT2D eigenvalue weighted by Gasteiger charge is 2.11. The van der Waals surface area contributed by atoms with Crippen molar-refractivity contribution >= 4 is 23.2 Å². The molecule has 2 rings (SSSR count). The number of hydrogen-bond donors (Lipinski definition) is 0. The first-order valence-electron chi connectivity index (χ1n) is 5.26. The highest BCUT2D eigenvalue weighted by Crippen LogP contribution is 2.25. The van der Waals surface area contributed by atoms with E-state index >= 15 is 0 Å². The van der Waals surface area contributed by atoms with Gasteiger partial charge in [-0.2, -0.15) is 0 Å². The summed E-state index contributed by atoms with van der Waals surface area (Å²) < 4.78 is 0. The average Bonchev–Trinajstić information content (AvgIpc) is 2.29. The molecule has 0 N–H and O–H groups in total. The van der Waals surface area contributed by atoms with Gasteiger partial charge in [-0.25, -0.2) is 9.97 Å². The Morgan fingerprint density at radius 3 is 2.24 bits per heavy atom. The largest absolute Gasteiger partial charge is 0.253 e. The van der Waals surface area contributed by atoms with Gasteiger partial charge in [0.25, 0.3) is 0 Å². The monoisotopic (exact) mass is 267 g/mol. The van der Waals surface area contributed by atoms with Crippen molar-refractivity contribution in [3.8, 4) is 11.5 Å². The van der Waals surface area contributed by atoms with E-state index < -0.39 is 0 Å². The first-order chi connectivity index (χ1) is 8.11. The van der Waals surface area contributed by atoms with E-state index in [1.54, 1.807) is 6.20 Å². The molecule has 5 heteroatoms. The Bertz CT molecular complexity index is 515. The topological polar surface area (TPSA) is 38.7 Å². The van der Waals surface area contributed by atoms with Gasteiger partial charge in [0.1, 0.15) is 16.0 Å². The number of hydrogen-bond acceptors (Lipinski definition) is 3. The molecule has 0 atom stereocenters. The lowest BCUT2D eigenvalue weighted by molar-refractivity contribution is 1.04. The molecule has 0 aliphatic rings. The predicted octanol–water partition coefficient (Wildman–Crippen LogP) is 3.72. The van der Waals surface area contributed by atoms with Gasteiger partial charge >= 0.3 is 0 Å². The zero-order chi connectivity index (χ0) is 12.4. The normalized spacial score (nSPS) is 10.6. The summed E-state index contributed by atoms with van der Waals surface area (Å²) in [5, 5.41) is 0.787. The summed E-state index contributed by atoms with van der Waals surface area (Å²) in [6.07, 6.45) is 2.47. The molecule has 2 aromatic rings. The van der Waals surface area contributed by atoms with E-state index in [0.29, 0.717) is 28.2 Å². The maximum atomic E-state index is 6.05. The average molecular weight is 268 g/mol. The molecule has 88 valence electrons. The second kappa shape index (κ2) is 4.98. The van der Waals surface area contributed by atoms with Crippen LogP contribution < -0.4 is 0 Å². The van der Waals surface area contributed by atoms with Crippen LogP contribution in [-0.4, -0.2) is 15.0 Å². The molecule has 0 saturated carbocycles. The van der Waals surface area contributed by atoms with Gasteiger partial charge in [0, 0.05) is 11.8 Å². The van der Waals surface area contributed by atoms with Crippen LogP contribution in [0, 0.1) is 6.92 Å². The summed E-state index contributed by atoms with van der Waals surface area (Å²) in [4.78, 5) is 12.7. The van der Waals surface area contributed by atoms with Crippen LogP contribution >= 0.6 is 23.2 Å². The summed E-state index contributed by atoms with van der Waals surface area (Å²) in [5.74, 6) is 0.456. The third kappa shape index (κ3) is 2.56. The molecule has 0 aliphatic carbocycles. The van der Waals surface area contributed by atoms with Crippen LogP contribution in [-0.2, 0) is 6.42 Å². The summed E-state index contributed by atoms with van der Waals surface area (Å²) in [7, 11) is 0. The van der Waals surface area contributed by atoms with Crippen molar-refractivity contribution in [2.75, 3.05) is 0 Å². The van der Waals surface area contributed by atoms with Crippen molar-refractivity contribution in [1.29, 1.82) is 0 Å². The van der Waals surface area contributed by atoms with E-state index in [1.807, 2.05) is 26.0 Å². The van der Waals surface area contributed by atoms with Gasteiger partial charge in [-0.05, 0) is 25.0 Å². The molecule has 0 aromatic carbocycles. The molecular formula is C12H11Cl2N3. The third-order valence-electron chi connectivity index (χ3n) is 2.40. The fourth-order valence-electron chi connectivity index (χ4n) is 1.44. The van der Waals surface area contributed by atoms with Crippen molar-refractivity contribution in [3.05, 3.63) is 39.8 Å². The SMILES string of the molecule is CCc1c(Cl)nc(-c2ccc(C)cn2)nc1Cl. The van der Waals surface area contributed by atoms with Crippen molar-refractivity contribution in [2.24, 2.45) is 0 Å². The van der Waals surface area contributed by atoms with Crippen molar-refractivity contribution < 1.29 is 0 Å². The van der Waals surface area contributed by atoms with Gasteiger partial charge in [0.05, 0.1) is 0 Å².